The van der Waals surface area contributed by atoms with E-state index in [1.165, 1.54) is 0 Å². The summed E-state index contributed by atoms with van der Waals surface area (Å²) < 4.78 is 29.6. The zero-order valence-electron chi connectivity index (χ0n) is 15.9. The van der Waals surface area contributed by atoms with Crippen LogP contribution in [0, 0.1) is 5.92 Å². The smallest absolute Gasteiger partial charge is 0.243 e. The minimum atomic E-state index is -3.38. The maximum atomic E-state index is 12.9. The Morgan fingerprint density at radius 2 is 1.81 bits per heavy atom. The van der Waals surface area contributed by atoms with Gasteiger partial charge in [-0.2, -0.15) is 4.31 Å². The van der Waals surface area contributed by atoms with Gasteiger partial charge in [-0.25, -0.2) is 13.4 Å². The molecule has 0 atom stereocenters. The summed E-state index contributed by atoms with van der Waals surface area (Å²) in [5.74, 6) is 2.00. The van der Waals surface area contributed by atoms with Crippen molar-refractivity contribution in [2.24, 2.45) is 5.92 Å². The number of aromatic nitrogens is 2. The molecule has 1 fully saturated rings. The van der Waals surface area contributed by atoms with Gasteiger partial charge in [-0.3, -0.25) is 0 Å². The number of nitrogens with zero attached hydrogens (tertiary/aromatic N) is 3. The summed E-state index contributed by atoms with van der Waals surface area (Å²) in [4.78, 5) is 4.85. The van der Waals surface area contributed by atoms with Crippen molar-refractivity contribution in [2.75, 3.05) is 13.1 Å². The molecule has 142 valence electrons. The summed E-state index contributed by atoms with van der Waals surface area (Å²) in [7, 11) is -3.38. The lowest BCUT2D eigenvalue weighted by Gasteiger charge is -2.31. The van der Waals surface area contributed by atoms with E-state index in [-0.39, 0.29) is 0 Å². The zero-order valence-corrected chi connectivity index (χ0v) is 16.7. The van der Waals surface area contributed by atoms with E-state index in [1.807, 2.05) is 24.5 Å². The zero-order chi connectivity index (χ0) is 18.7. The third-order valence-electron chi connectivity index (χ3n) is 5.26. The molecule has 0 radical (unpaired) electrons. The van der Waals surface area contributed by atoms with Crippen LogP contribution in [0.25, 0.3) is 0 Å². The molecule has 0 aliphatic carbocycles. The summed E-state index contributed by atoms with van der Waals surface area (Å²) in [6.07, 6.45) is 6.59. The quantitative estimate of drug-likeness (QED) is 0.774. The average Bonchev–Trinajstić information content (AvgIpc) is 3.10. The first-order valence-corrected chi connectivity index (χ1v) is 11.0. The normalized spacial score (nSPS) is 17.1. The molecular weight excluding hydrogens is 346 g/mol. The Bertz CT molecular complexity index is 817. The van der Waals surface area contributed by atoms with Crippen LogP contribution in [-0.2, 0) is 23.0 Å². The maximum Gasteiger partial charge on any atom is 0.243 e. The molecule has 6 heteroatoms. The van der Waals surface area contributed by atoms with Crippen molar-refractivity contribution in [3.05, 3.63) is 48.0 Å². The summed E-state index contributed by atoms with van der Waals surface area (Å²) in [5.41, 5.74) is 1.16. The van der Waals surface area contributed by atoms with Crippen LogP contribution in [0.2, 0.25) is 0 Å². The second-order valence-electron chi connectivity index (χ2n) is 7.44. The van der Waals surface area contributed by atoms with E-state index in [9.17, 15) is 8.42 Å². The fraction of sp³-hybridized carbons (Fsp3) is 0.550. The second kappa shape index (κ2) is 7.92. The minimum absolute atomic E-state index is 0.400. The lowest BCUT2D eigenvalue weighted by atomic mass is 9.98. The van der Waals surface area contributed by atoms with Crippen molar-refractivity contribution in [3.63, 3.8) is 0 Å². The number of rotatable bonds is 6. The van der Waals surface area contributed by atoms with Gasteiger partial charge in [-0.1, -0.05) is 32.9 Å². The number of hydrogen-bond donors (Lipinski definition) is 0. The molecule has 2 heterocycles. The third-order valence-corrected chi connectivity index (χ3v) is 7.17. The Morgan fingerprint density at radius 3 is 2.38 bits per heavy atom. The predicted molar refractivity (Wildman–Crippen MR) is 104 cm³/mol. The number of hydrogen-bond acceptors (Lipinski definition) is 3. The number of sulfonamides is 1. The minimum Gasteiger partial charge on any atom is -0.334 e. The van der Waals surface area contributed by atoms with Crippen LogP contribution in [0.4, 0.5) is 0 Å². The molecule has 0 spiro atoms. The van der Waals surface area contributed by atoms with Gasteiger partial charge in [0.25, 0.3) is 0 Å². The van der Waals surface area contributed by atoms with Gasteiger partial charge in [-0.05, 0) is 42.9 Å². The number of piperidine rings is 1. The molecule has 0 N–H and O–H groups in total. The SMILES string of the molecule is CCc1ccc(S(=O)(=O)N2CCC(Cn3ccnc3C(C)C)CC2)cc1. The Hall–Kier alpha value is -1.66. The molecule has 2 aromatic rings. The number of aryl methyl sites for hydroxylation is 1. The van der Waals surface area contributed by atoms with Crippen LogP contribution in [-0.4, -0.2) is 35.4 Å². The van der Waals surface area contributed by atoms with E-state index in [1.54, 1.807) is 16.4 Å². The van der Waals surface area contributed by atoms with Crippen molar-refractivity contribution in [3.8, 4) is 0 Å². The Morgan fingerprint density at radius 1 is 1.15 bits per heavy atom. The van der Waals surface area contributed by atoms with Crippen LogP contribution in [0.3, 0.4) is 0 Å². The molecule has 3 rings (SSSR count). The van der Waals surface area contributed by atoms with Gasteiger partial charge in [-0.15, -0.1) is 0 Å². The van der Waals surface area contributed by atoms with Crippen LogP contribution < -0.4 is 0 Å². The van der Waals surface area contributed by atoms with Crippen molar-refractivity contribution in [2.45, 2.75) is 57.4 Å². The van der Waals surface area contributed by atoms with Crippen molar-refractivity contribution in [1.82, 2.24) is 13.9 Å². The van der Waals surface area contributed by atoms with Gasteiger partial charge in [0.2, 0.25) is 10.0 Å². The molecule has 5 nitrogen and oxygen atoms in total. The Kier molecular flexibility index (Phi) is 5.82. The molecule has 26 heavy (non-hydrogen) atoms. The van der Waals surface area contributed by atoms with E-state index in [0.29, 0.717) is 29.8 Å². The van der Waals surface area contributed by atoms with Gasteiger partial charge in [0.1, 0.15) is 5.82 Å². The summed E-state index contributed by atoms with van der Waals surface area (Å²) >= 11 is 0. The summed E-state index contributed by atoms with van der Waals surface area (Å²) in [6, 6.07) is 7.29. The van der Waals surface area contributed by atoms with Gasteiger partial charge in [0.05, 0.1) is 4.90 Å². The third kappa shape index (κ3) is 4.01. The molecular formula is C20H29N3O2S. The van der Waals surface area contributed by atoms with Crippen molar-refractivity contribution in [1.29, 1.82) is 0 Å². The largest absolute Gasteiger partial charge is 0.334 e. The highest BCUT2D eigenvalue weighted by Crippen LogP contribution is 2.26. The number of imidazole rings is 1. The van der Waals surface area contributed by atoms with E-state index in [2.05, 4.69) is 30.3 Å². The second-order valence-corrected chi connectivity index (χ2v) is 9.38. The molecule has 1 aliphatic heterocycles. The van der Waals surface area contributed by atoms with E-state index >= 15 is 0 Å². The van der Waals surface area contributed by atoms with E-state index in [4.69, 9.17) is 0 Å². The standard InChI is InChI=1S/C20H29N3O2S/c1-4-17-5-7-19(8-6-17)26(24,25)23-12-9-18(10-13-23)15-22-14-11-21-20(22)16(2)3/h5-8,11,14,16,18H,4,9-10,12-13,15H2,1-3H3. The molecule has 1 saturated heterocycles. The Labute approximate surface area is 157 Å². The fourth-order valence-corrected chi connectivity index (χ4v) is 5.10. The highest BCUT2D eigenvalue weighted by molar-refractivity contribution is 7.89. The molecule has 0 unspecified atom stereocenters. The van der Waals surface area contributed by atoms with Gasteiger partial charge < -0.3 is 4.57 Å². The molecule has 0 amide bonds. The first kappa shape index (κ1) is 19.1. The first-order valence-electron chi connectivity index (χ1n) is 9.52. The van der Waals surface area contributed by atoms with Gasteiger partial charge in [0, 0.05) is 37.9 Å². The van der Waals surface area contributed by atoms with Crippen LogP contribution in [0.5, 0.6) is 0 Å². The van der Waals surface area contributed by atoms with Gasteiger partial charge >= 0.3 is 0 Å². The highest BCUT2D eigenvalue weighted by Gasteiger charge is 2.29. The monoisotopic (exact) mass is 375 g/mol. The molecule has 0 saturated carbocycles. The molecule has 1 aromatic heterocycles. The van der Waals surface area contributed by atoms with Crippen molar-refractivity contribution < 1.29 is 8.42 Å². The maximum absolute atomic E-state index is 12.9. The summed E-state index contributed by atoms with van der Waals surface area (Å²) in [5, 5.41) is 0. The Balaban J connectivity index is 1.63. The fourth-order valence-electron chi connectivity index (χ4n) is 3.63. The van der Waals surface area contributed by atoms with Crippen molar-refractivity contribution >= 4 is 10.0 Å². The molecule has 0 bridgehead atoms. The van der Waals surface area contributed by atoms with E-state index in [0.717, 1.165) is 37.2 Å². The van der Waals surface area contributed by atoms with Crippen LogP contribution in [0.1, 0.15) is 50.9 Å². The molecule has 1 aromatic carbocycles. The van der Waals surface area contributed by atoms with Crippen LogP contribution >= 0.6 is 0 Å². The summed E-state index contributed by atoms with van der Waals surface area (Å²) in [6.45, 7) is 8.48. The first-order chi connectivity index (χ1) is 12.4. The highest BCUT2D eigenvalue weighted by atomic mass is 32.2. The lowest BCUT2D eigenvalue weighted by molar-refractivity contribution is 0.251. The molecule has 1 aliphatic rings. The number of benzene rings is 1. The van der Waals surface area contributed by atoms with Crippen LogP contribution in [0.15, 0.2) is 41.6 Å². The topological polar surface area (TPSA) is 55.2 Å². The lowest BCUT2D eigenvalue weighted by Crippen LogP contribution is -2.39. The van der Waals surface area contributed by atoms with E-state index < -0.39 is 10.0 Å². The average molecular weight is 376 g/mol. The van der Waals surface area contributed by atoms with Gasteiger partial charge in [0.15, 0.2) is 0 Å². The predicted octanol–water partition coefficient (Wildman–Crippen LogP) is 3.67.